The van der Waals surface area contributed by atoms with Gasteiger partial charge in [0.1, 0.15) is 11.7 Å². The number of halogens is 2. The van der Waals surface area contributed by atoms with E-state index in [1.54, 1.807) is 0 Å². The zero-order valence-corrected chi connectivity index (χ0v) is 30.5. The van der Waals surface area contributed by atoms with Crippen molar-refractivity contribution >= 4 is 49.6 Å². The van der Waals surface area contributed by atoms with Crippen molar-refractivity contribution in [3.8, 4) is 0 Å². The van der Waals surface area contributed by atoms with E-state index in [2.05, 4.69) is 106 Å². The lowest BCUT2D eigenvalue weighted by molar-refractivity contribution is -0.107. The first-order valence-corrected chi connectivity index (χ1v) is 21.0. The number of aromatic amines is 1. The van der Waals surface area contributed by atoms with Crippen molar-refractivity contribution in [2.45, 2.75) is 88.8 Å². The molecule has 0 bridgehead atoms. The minimum atomic E-state index is -3.01. The second-order valence-corrected chi connectivity index (χ2v) is 23.7. The maximum atomic E-state index is 16.8. The molecule has 0 amide bonds. The smallest absolute Gasteiger partial charge is 0.330 e. The van der Waals surface area contributed by atoms with Gasteiger partial charge in [0.15, 0.2) is 20.7 Å². The lowest BCUT2D eigenvalue weighted by Crippen LogP contribution is -2.68. The number of nitrogens with zero attached hydrogens (tertiary/aromatic N) is 1. The Balaban J connectivity index is 1.87. The highest BCUT2D eigenvalue weighted by Gasteiger charge is 2.61. The number of nitrogens with one attached hydrogen (secondary N) is 1. The van der Waals surface area contributed by atoms with Crippen LogP contribution in [0.1, 0.15) is 47.8 Å². The average Bonchev–Trinajstić information content (AvgIpc) is 3.20. The monoisotopic (exact) mass is 738 g/mol. The average molecular weight is 739 g/mol. The fourth-order valence-corrected chi connectivity index (χ4v) is 12.4. The lowest BCUT2D eigenvalue weighted by Gasteiger charge is -2.47. The summed E-state index contributed by atoms with van der Waals surface area (Å²) in [7, 11) is -5.53. The van der Waals surface area contributed by atoms with Gasteiger partial charge < -0.3 is 13.6 Å². The number of aromatic nitrogens is 2. The summed E-state index contributed by atoms with van der Waals surface area (Å²) in [5, 5.41) is 1.70. The van der Waals surface area contributed by atoms with Gasteiger partial charge >= 0.3 is 5.69 Å². The number of ether oxygens (including phenoxy) is 1. The molecule has 1 aliphatic heterocycles. The van der Waals surface area contributed by atoms with E-state index in [-0.39, 0.29) is 16.7 Å². The van der Waals surface area contributed by atoms with Crippen LogP contribution in [-0.4, -0.2) is 55.1 Å². The van der Waals surface area contributed by atoms with Crippen LogP contribution in [0.25, 0.3) is 0 Å². The molecule has 11 heteroatoms. The minimum Gasteiger partial charge on any atom is -0.408 e. The zero-order valence-electron chi connectivity index (χ0n) is 26.3. The third-order valence-electron chi connectivity index (χ3n) is 8.96. The predicted octanol–water partition coefficient (Wildman–Crippen LogP) is 5.54. The van der Waals surface area contributed by atoms with Gasteiger partial charge in [0.25, 0.3) is 13.9 Å². The highest BCUT2D eigenvalue weighted by molar-refractivity contribution is 14.1. The van der Waals surface area contributed by atoms with Crippen LogP contribution in [0.3, 0.4) is 0 Å². The Kier molecular flexibility index (Phi) is 9.85. The van der Waals surface area contributed by atoms with Crippen molar-refractivity contribution in [3.05, 3.63) is 93.8 Å². The Morgan fingerprint density at radius 1 is 0.930 bits per heavy atom. The summed E-state index contributed by atoms with van der Waals surface area (Å²) in [4.78, 5) is 26.9. The molecule has 1 saturated heterocycles. The van der Waals surface area contributed by atoms with Gasteiger partial charge in [-0.25, -0.2) is 9.18 Å². The molecule has 0 saturated carbocycles. The molecule has 2 heterocycles. The van der Waals surface area contributed by atoms with Gasteiger partial charge in [0, 0.05) is 16.7 Å². The molecular weight excluding hydrogens is 694 g/mol. The molecule has 1 aliphatic rings. The molecule has 43 heavy (non-hydrogen) atoms. The number of hydrogen-bond donors (Lipinski definition) is 1. The van der Waals surface area contributed by atoms with Crippen molar-refractivity contribution in [2.75, 3.05) is 11.0 Å². The van der Waals surface area contributed by atoms with Crippen LogP contribution in [-0.2, 0) is 13.6 Å². The molecule has 1 fully saturated rings. The van der Waals surface area contributed by atoms with E-state index in [4.69, 9.17) is 13.6 Å². The molecule has 0 aliphatic carbocycles. The molecule has 234 valence electrons. The van der Waals surface area contributed by atoms with Crippen LogP contribution in [0.4, 0.5) is 4.39 Å². The van der Waals surface area contributed by atoms with Crippen molar-refractivity contribution in [1.82, 2.24) is 9.55 Å². The van der Waals surface area contributed by atoms with Gasteiger partial charge in [-0.3, -0.25) is 14.3 Å². The number of rotatable bonds is 9. The van der Waals surface area contributed by atoms with Gasteiger partial charge in [-0.2, -0.15) is 0 Å². The van der Waals surface area contributed by atoms with E-state index < -0.39 is 52.0 Å². The fourth-order valence-electron chi connectivity index (χ4n) is 5.57. The maximum absolute atomic E-state index is 16.8. The molecule has 4 rings (SSSR count). The molecular formula is C32H44FIN2O5Si2. The number of H-pyrrole nitrogens is 1. The summed E-state index contributed by atoms with van der Waals surface area (Å²) in [5.41, 5.74) is -2.51. The number of hydrogen-bond acceptors (Lipinski definition) is 5. The Morgan fingerprint density at radius 3 is 1.91 bits per heavy atom. The topological polar surface area (TPSA) is 82.6 Å². The maximum Gasteiger partial charge on any atom is 0.330 e. The molecule has 0 spiro atoms. The van der Waals surface area contributed by atoms with Crippen molar-refractivity contribution in [1.29, 1.82) is 0 Å². The molecule has 4 atom stereocenters. The molecule has 1 N–H and O–H groups in total. The number of benzene rings is 2. The lowest BCUT2D eigenvalue weighted by atomic mass is 9.99. The van der Waals surface area contributed by atoms with E-state index in [1.807, 2.05) is 36.4 Å². The van der Waals surface area contributed by atoms with Crippen LogP contribution in [0.15, 0.2) is 82.5 Å². The predicted molar refractivity (Wildman–Crippen MR) is 184 cm³/mol. The van der Waals surface area contributed by atoms with Gasteiger partial charge in [0.2, 0.25) is 0 Å². The van der Waals surface area contributed by atoms with Gasteiger partial charge in [0.05, 0.1) is 6.61 Å². The minimum absolute atomic E-state index is 0.0531. The molecule has 7 nitrogen and oxygen atoms in total. The zero-order chi connectivity index (χ0) is 31.8. The SMILES string of the molecule is CC(C)(C)[Si](C)(C)O[C@H]1[C@@H](F)C(n2ccc(=O)[nH]c2=O)O[C@]1(CI)CO[Si](c1ccccc1)(c1ccccc1)C(C)(C)C. The largest absolute Gasteiger partial charge is 0.408 e. The first-order valence-electron chi connectivity index (χ1n) is 14.6. The highest BCUT2D eigenvalue weighted by Crippen LogP contribution is 2.47. The third-order valence-corrected chi connectivity index (χ3v) is 19.7. The van der Waals surface area contributed by atoms with Gasteiger partial charge in [-0.05, 0) is 33.5 Å². The molecule has 1 unspecified atom stereocenters. The first-order chi connectivity index (χ1) is 20.0. The van der Waals surface area contributed by atoms with Crippen molar-refractivity contribution < 1.29 is 18.0 Å². The van der Waals surface area contributed by atoms with E-state index in [0.29, 0.717) is 4.43 Å². The highest BCUT2D eigenvalue weighted by atomic mass is 127. The van der Waals surface area contributed by atoms with E-state index in [1.165, 1.54) is 12.3 Å². The first kappa shape index (κ1) is 34.0. The van der Waals surface area contributed by atoms with Crippen LogP contribution >= 0.6 is 22.6 Å². The fraction of sp³-hybridized carbons (Fsp3) is 0.500. The van der Waals surface area contributed by atoms with Crippen LogP contribution in [0.2, 0.25) is 23.2 Å². The molecule has 0 radical (unpaired) electrons. The van der Waals surface area contributed by atoms with Crippen molar-refractivity contribution in [3.63, 3.8) is 0 Å². The van der Waals surface area contributed by atoms with Gasteiger partial charge in [-0.1, -0.05) is 125 Å². The molecule has 3 aromatic rings. The summed E-state index contributed by atoms with van der Waals surface area (Å²) >= 11 is 2.22. The number of alkyl halides is 2. The van der Waals surface area contributed by atoms with Gasteiger partial charge in [-0.15, -0.1) is 0 Å². The summed E-state index contributed by atoms with van der Waals surface area (Å²) in [6.07, 6.45) is -2.70. The van der Waals surface area contributed by atoms with E-state index in [9.17, 15) is 9.59 Å². The van der Waals surface area contributed by atoms with Crippen molar-refractivity contribution in [2.24, 2.45) is 0 Å². The van der Waals surface area contributed by atoms with Crippen LogP contribution in [0.5, 0.6) is 0 Å². The quantitative estimate of drug-likeness (QED) is 0.177. The Morgan fingerprint density at radius 2 is 1.47 bits per heavy atom. The second-order valence-electron chi connectivity index (χ2n) is 13.9. The van der Waals surface area contributed by atoms with E-state index in [0.717, 1.165) is 14.9 Å². The molecule has 2 aromatic carbocycles. The van der Waals surface area contributed by atoms with E-state index >= 15 is 4.39 Å². The standard InChI is InChI=1S/C32H44FIN2O5Si2/c1-30(2,3)42(7,8)41-27-26(33)28(36-20-19-25(37)35-29(36)38)40-32(27,21-34)22-39-43(31(4,5)6,23-15-11-9-12-16-23)24-17-13-10-14-18-24/h9-20,26-28H,21-22H2,1-8H3,(H,35,37,38)/t26-,27+,28?,32-/m1/s1. The summed E-state index contributed by atoms with van der Waals surface area (Å²) in [5.74, 6) is 0. The summed E-state index contributed by atoms with van der Waals surface area (Å²) in [6.45, 7) is 17.1. The Labute approximate surface area is 269 Å². The Bertz CT molecular complexity index is 1460. The Hall–Kier alpha value is -1.91. The van der Waals surface area contributed by atoms with Crippen LogP contribution in [0, 0.1) is 0 Å². The third kappa shape index (κ3) is 6.43. The summed E-state index contributed by atoms with van der Waals surface area (Å²) in [6, 6.07) is 21.7. The molecule has 1 aromatic heterocycles. The summed E-state index contributed by atoms with van der Waals surface area (Å²) < 4.78 is 39.0. The normalized spacial score (nSPS) is 23.4. The van der Waals surface area contributed by atoms with Crippen LogP contribution < -0.4 is 21.6 Å². The second kappa shape index (κ2) is 12.5.